The minimum Gasteiger partial charge on any atom is -0.486 e. The highest BCUT2D eigenvalue weighted by Gasteiger charge is 2.30. The third-order valence-electron chi connectivity index (χ3n) is 3.64. The zero-order valence-electron chi connectivity index (χ0n) is 13.3. The highest BCUT2D eigenvalue weighted by Crippen LogP contribution is 2.35. The second-order valence-corrected chi connectivity index (χ2v) is 6.25. The number of hydrogen-bond donors (Lipinski definition) is 1. The number of likely N-dealkylation sites (N-methyl/N-ethyl adjacent to an activating group) is 1. The average Bonchev–Trinajstić information content (AvgIpc) is 2.82. The van der Waals surface area contributed by atoms with Gasteiger partial charge in [0.1, 0.15) is 12.3 Å². The summed E-state index contributed by atoms with van der Waals surface area (Å²) in [5.41, 5.74) is 1.74. The number of hydrogen-bond acceptors (Lipinski definition) is 3. The summed E-state index contributed by atoms with van der Waals surface area (Å²) in [6, 6.07) is 12.4. The lowest BCUT2D eigenvalue weighted by Crippen LogP contribution is -2.25. The summed E-state index contributed by atoms with van der Waals surface area (Å²) in [6.45, 7) is 0.333. The molecule has 0 unspecified atom stereocenters. The zero-order chi connectivity index (χ0) is 18.0. The van der Waals surface area contributed by atoms with Crippen molar-refractivity contribution in [3.8, 4) is 5.75 Å². The molecule has 0 aliphatic carbocycles. The number of ether oxygens (including phenoxy) is 1. The molecule has 5 nitrogen and oxygen atoms in total. The van der Waals surface area contributed by atoms with Crippen LogP contribution in [0.2, 0.25) is 10.0 Å². The highest BCUT2D eigenvalue weighted by atomic mass is 35.5. The third kappa shape index (κ3) is 3.78. The van der Waals surface area contributed by atoms with Crippen molar-refractivity contribution in [1.82, 2.24) is 10.2 Å². The standard InChI is InChI=1S/C18H14Cl2N2O3/c1-22-17(23)15(21-18(22)24)9-12-7-13(19)16(14(20)8-12)25-10-11-5-3-2-4-6-11/h2-9H,10H2,1H3,(H,21,24)/b15-9+. The molecule has 1 aliphatic heterocycles. The number of rotatable bonds is 4. The molecule has 25 heavy (non-hydrogen) atoms. The SMILES string of the molecule is CN1C(=O)N/C(=C/c2cc(Cl)c(OCc3ccccc3)c(Cl)c2)C1=O. The maximum atomic E-state index is 11.9. The van der Waals surface area contributed by atoms with Crippen LogP contribution < -0.4 is 10.1 Å². The number of nitrogens with zero attached hydrogens (tertiary/aromatic N) is 1. The maximum Gasteiger partial charge on any atom is 0.328 e. The lowest BCUT2D eigenvalue weighted by molar-refractivity contribution is -0.121. The number of imide groups is 1. The Kier molecular flexibility index (Phi) is 4.97. The van der Waals surface area contributed by atoms with Crippen molar-refractivity contribution < 1.29 is 14.3 Å². The van der Waals surface area contributed by atoms with E-state index in [4.69, 9.17) is 27.9 Å². The molecule has 1 aliphatic rings. The molecule has 1 saturated heterocycles. The van der Waals surface area contributed by atoms with Crippen LogP contribution in [0.3, 0.4) is 0 Å². The fourth-order valence-electron chi connectivity index (χ4n) is 2.32. The predicted molar refractivity (Wildman–Crippen MR) is 96.5 cm³/mol. The van der Waals surface area contributed by atoms with Crippen LogP contribution in [-0.2, 0) is 11.4 Å². The molecule has 0 radical (unpaired) electrons. The first-order valence-electron chi connectivity index (χ1n) is 7.42. The molecule has 1 N–H and O–H groups in total. The Morgan fingerprint density at radius 1 is 1.12 bits per heavy atom. The Hall–Kier alpha value is -2.50. The van der Waals surface area contributed by atoms with Crippen molar-refractivity contribution in [2.75, 3.05) is 7.05 Å². The fourth-order valence-corrected chi connectivity index (χ4v) is 2.93. The summed E-state index contributed by atoms with van der Waals surface area (Å²) in [7, 11) is 1.40. The Balaban J connectivity index is 1.81. The summed E-state index contributed by atoms with van der Waals surface area (Å²) in [4.78, 5) is 24.4. The van der Waals surface area contributed by atoms with E-state index in [0.717, 1.165) is 10.5 Å². The largest absolute Gasteiger partial charge is 0.486 e. The molecule has 0 saturated carbocycles. The zero-order valence-corrected chi connectivity index (χ0v) is 14.8. The number of urea groups is 1. The van der Waals surface area contributed by atoms with Crippen LogP contribution in [-0.4, -0.2) is 23.9 Å². The van der Waals surface area contributed by atoms with Crippen LogP contribution in [0.5, 0.6) is 5.75 Å². The van der Waals surface area contributed by atoms with E-state index in [9.17, 15) is 9.59 Å². The second kappa shape index (κ2) is 7.17. The van der Waals surface area contributed by atoms with E-state index >= 15 is 0 Å². The van der Waals surface area contributed by atoms with Gasteiger partial charge in [0.15, 0.2) is 5.75 Å². The summed E-state index contributed by atoms with van der Waals surface area (Å²) in [6.07, 6.45) is 1.52. The van der Waals surface area contributed by atoms with Crippen molar-refractivity contribution in [3.63, 3.8) is 0 Å². The van der Waals surface area contributed by atoms with Gasteiger partial charge in [-0.3, -0.25) is 9.69 Å². The number of halogens is 2. The average molecular weight is 377 g/mol. The number of carbonyl (C=O) groups excluding carboxylic acids is 2. The topological polar surface area (TPSA) is 58.6 Å². The summed E-state index contributed by atoms with van der Waals surface area (Å²) in [5, 5.41) is 3.12. The molecule has 2 aromatic carbocycles. The van der Waals surface area contributed by atoms with Crippen LogP contribution in [0, 0.1) is 0 Å². The molecule has 0 bridgehead atoms. The van der Waals surface area contributed by atoms with Crippen molar-refractivity contribution in [2.24, 2.45) is 0 Å². The van der Waals surface area contributed by atoms with Crippen molar-refractivity contribution in [1.29, 1.82) is 0 Å². The number of nitrogens with one attached hydrogen (secondary N) is 1. The van der Waals surface area contributed by atoms with E-state index in [1.807, 2.05) is 30.3 Å². The molecular weight excluding hydrogens is 363 g/mol. The first kappa shape index (κ1) is 17.3. The van der Waals surface area contributed by atoms with Crippen LogP contribution in [0.1, 0.15) is 11.1 Å². The fraction of sp³-hybridized carbons (Fsp3) is 0.111. The summed E-state index contributed by atoms with van der Waals surface area (Å²) < 4.78 is 5.70. The van der Waals surface area contributed by atoms with Gasteiger partial charge in [-0.05, 0) is 29.3 Å². The molecule has 0 aromatic heterocycles. The smallest absolute Gasteiger partial charge is 0.328 e. The van der Waals surface area contributed by atoms with Gasteiger partial charge in [0.05, 0.1) is 10.0 Å². The van der Waals surface area contributed by atoms with Gasteiger partial charge in [-0.15, -0.1) is 0 Å². The van der Waals surface area contributed by atoms with Gasteiger partial charge in [-0.25, -0.2) is 4.79 Å². The quantitative estimate of drug-likeness (QED) is 0.645. The molecule has 7 heteroatoms. The number of benzene rings is 2. The van der Waals surface area contributed by atoms with Crippen LogP contribution in [0.15, 0.2) is 48.2 Å². The van der Waals surface area contributed by atoms with E-state index in [-0.39, 0.29) is 5.70 Å². The number of carbonyl (C=O) groups is 2. The molecule has 2 aromatic rings. The summed E-state index contributed by atoms with van der Waals surface area (Å²) >= 11 is 12.5. The molecule has 1 heterocycles. The lowest BCUT2D eigenvalue weighted by atomic mass is 10.1. The van der Waals surface area contributed by atoms with Gasteiger partial charge < -0.3 is 10.1 Å². The van der Waals surface area contributed by atoms with Crippen molar-refractivity contribution in [2.45, 2.75) is 6.61 Å². The molecule has 3 amide bonds. The van der Waals surface area contributed by atoms with Gasteiger partial charge in [0.2, 0.25) is 0 Å². The first-order chi connectivity index (χ1) is 12.0. The van der Waals surface area contributed by atoms with Crippen LogP contribution in [0.25, 0.3) is 6.08 Å². The minimum atomic E-state index is -0.476. The van der Waals surface area contributed by atoms with Gasteiger partial charge in [0, 0.05) is 7.05 Å². The van der Waals surface area contributed by atoms with E-state index in [0.29, 0.717) is 28.0 Å². The highest BCUT2D eigenvalue weighted by molar-refractivity contribution is 6.37. The minimum absolute atomic E-state index is 0.164. The maximum absolute atomic E-state index is 11.9. The molecule has 0 atom stereocenters. The summed E-state index contributed by atoms with van der Waals surface area (Å²) in [5.74, 6) is -0.0464. The lowest BCUT2D eigenvalue weighted by Gasteiger charge is -2.11. The molecule has 1 fully saturated rings. The number of amides is 3. The first-order valence-corrected chi connectivity index (χ1v) is 8.18. The van der Waals surface area contributed by atoms with Gasteiger partial charge >= 0.3 is 6.03 Å². The monoisotopic (exact) mass is 376 g/mol. The van der Waals surface area contributed by atoms with Crippen LogP contribution in [0.4, 0.5) is 4.79 Å². The Labute approximate surface area is 154 Å². The molecular formula is C18H14Cl2N2O3. The van der Waals surface area contributed by atoms with Gasteiger partial charge in [-0.2, -0.15) is 0 Å². The van der Waals surface area contributed by atoms with E-state index in [2.05, 4.69) is 5.32 Å². The Morgan fingerprint density at radius 2 is 1.76 bits per heavy atom. The third-order valence-corrected chi connectivity index (χ3v) is 4.20. The van der Waals surface area contributed by atoms with E-state index < -0.39 is 11.9 Å². The van der Waals surface area contributed by atoms with E-state index in [1.54, 1.807) is 12.1 Å². The van der Waals surface area contributed by atoms with Gasteiger partial charge in [0.25, 0.3) is 5.91 Å². The van der Waals surface area contributed by atoms with Crippen molar-refractivity contribution >= 4 is 41.2 Å². The van der Waals surface area contributed by atoms with Crippen LogP contribution >= 0.6 is 23.2 Å². The van der Waals surface area contributed by atoms with Crippen molar-refractivity contribution in [3.05, 3.63) is 69.3 Å². The Morgan fingerprint density at radius 3 is 2.32 bits per heavy atom. The predicted octanol–water partition coefficient (Wildman–Crippen LogP) is 4.09. The second-order valence-electron chi connectivity index (χ2n) is 5.44. The molecule has 128 valence electrons. The van der Waals surface area contributed by atoms with E-state index in [1.165, 1.54) is 13.1 Å². The molecule has 0 spiro atoms. The van der Waals surface area contributed by atoms with Gasteiger partial charge in [-0.1, -0.05) is 53.5 Å². The normalized spacial score (nSPS) is 15.6. The molecule has 3 rings (SSSR count). The Bertz CT molecular complexity index is 843.